The highest BCUT2D eigenvalue weighted by molar-refractivity contribution is 7.89. The first-order chi connectivity index (χ1) is 16.3. The maximum absolute atomic E-state index is 13.1. The van der Waals surface area contributed by atoms with Crippen LogP contribution in [0.3, 0.4) is 0 Å². The van der Waals surface area contributed by atoms with Gasteiger partial charge >= 0.3 is 0 Å². The lowest BCUT2D eigenvalue weighted by Gasteiger charge is -2.31. The van der Waals surface area contributed by atoms with Crippen molar-refractivity contribution in [1.29, 1.82) is 0 Å². The van der Waals surface area contributed by atoms with Crippen molar-refractivity contribution in [2.75, 3.05) is 34.0 Å². The van der Waals surface area contributed by atoms with Gasteiger partial charge in [-0.2, -0.15) is 0 Å². The van der Waals surface area contributed by atoms with E-state index in [4.69, 9.17) is 13.9 Å². The average molecular weight is 485 g/mol. The van der Waals surface area contributed by atoms with Crippen molar-refractivity contribution in [2.45, 2.75) is 23.7 Å². The van der Waals surface area contributed by atoms with Gasteiger partial charge in [0.1, 0.15) is 0 Å². The lowest BCUT2D eigenvalue weighted by atomic mass is 9.97. The van der Waals surface area contributed by atoms with E-state index >= 15 is 0 Å². The van der Waals surface area contributed by atoms with Crippen LogP contribution in [-0.2, 0) is 10.0 Å². The van der Waals surface area contributed by atoms with Crippen LogP contribution in [0.5, 0.6) is 11.5 Å². The van der Waals surface area contributed by atoms with Crippen molar-refractivity contribution >= 4 is 15.9 Å². The van der Waals surface area contributed by atoms with E-state index in [1.165, 1.54) is 26.2 Å². The Bertz CT molecular complexity index is 1320. The molecule has 11 heteroatoms. The SMILES string of the molecule is CN(C)S(=O)(=O)c1ccc(C(=O)N2CCC[C@H](c3nnc(-c4ccc5c(c4)OCO5)o3)C2)cc1. The van der Waals surface area contributed by atoms with Crippen molar-refractivity contribution < 1.29 is 27.1 Å². The molecule has 0 bridgehead atoms. The first-order valence-electron chi connectivity index (χ1n) is 10.9. The third kappa shape index (κ3) is 4.12. The van der Waals surface area contributed by atoms with E-state index in [0.717, 1.165) is 22.7 Å². The smallest absolute Gasteiger partial charge is 0.253 e. The van der Waals surface area contributed by atoms with Gasteiger partial charge in [-0.3, -0.25) is 4.79 Å². The van der Waals surface area contributed by atoms with Crippen LogP contribution in [0.4, 0.5) is 0 Å². The molecule has 2 aliphatic rings. The van der Waals surface area contributed by atoms with Crippen molar-refractivity contribution in [2.24, 2.45) is 0 Å². The minimum absolute atomic E-state index is 0.0821. The number of fused-ring (bicyclic) bond motifs is 1. The molecule has 3 heterocycles. The number of ether oxygens (including phenoxy) is 2. The van der Waals surface area contributed by atoms with E-state index < -0.39 is 10.0 Å². The Labute approximate surface area is 197 Å². The summed E-state index contributed by atoms with van der Waals surface area (Å²) in [7, 11) is -0.607. The van der Waals surface area contributed by atoms with Crippen LogP contribution in [0, 0.1) is 0 Å². The van der Waals surface area contributed by atoms with Gasteiger partial charge in [-0.05, 0) is 55.3 Å². The molecule has 1 amide bonds. The topological polar surface area (TPSA) is 115 Å². The van der Waals surface area contributed by atoms with Gasteiger partial charge in [0.2, 0.25) is 28.6 Å². The van der Waals surface area contributed by atoms with Gasteiger partial charge < -0.3 is 18.8 Å². The fourth-order valence-electron chi connectivity index (χ4n) is 4.07. The Morgan fingerprint density at radius 2 is 1.82 bits per heavy atom. The number of nitrogens with zero attached hydrogens (tertiary/aromatic N) is 4. The zero-order valence-electron chi connectivity index (χ0n) is 18.8. The summed E-state index contributed by atoms with van der Waals surface area (Å²) in [6.07, 6.45) is 1.62. The minimum Gasteiger partial charge on any atom is -0.454 e. The molecule has 1 saturated heterocycles. The monoisotopic (exact) mass is 484 g/mol. The average Bonchev–Trinajstić information content (AvgIpc) is 3.53. The number of benzene rings is 2. The number of piperidine rings is 1. The molecule has 10 nitrogen and oxygen atoms in total. The van der Waals surface area contributed by atoms with Gasteiger partial charge in [0.25, 0.3) is 5.91 Å². The van der Waals surface area contributed by atoms with Gasteiger partial charge in [0, 0.05) is 38.3 Å². The number of likely N-dealkylation sites (tertiary alicyclic amines) is 1. The number of hydrogen-bond donors (Lipinski definition) is 0. The summed E-state index contributed by atoms with van der Waals surface area (Å²) in [4.78, 5) is 15.0. The molecule has 0 N–H and O–H groups in total. The van der Waals surface area contributed by atoms with E-state index in [0.29, 0.717) is 41.9 Å². The summed E-state index contributed by atoms with van der Waals surface area (Å²) in [6.45, 7) is 1.24. The molecule has 34 heavy (non-hydrogen) atoms. The largest absolute Gasteiger partial charge is 0.454 e. The van der Waals surface area contributed by atoms with Crippen LogP contribution in [-0.4, -0.2) is 67.7 Å². The normalized spacial score (nSPS) is 17.9. The van der Waals surface area contributed by atoms with Gasteiger partial charge in [0.15, 0.2) is 11.5 Å². The Kier molecular flexibility index (Phi) is 5.74. The predicted molar refractivity (Wildman–Crippen MR) is 121 cm³/mol. The van der Waals surface area contributed by atoms with E-state index in [1.54, 1.807) is 29.2 Å². The molecule has 1 aromatic heterocycles. The van der Waals surface area contributed by atoms with Crippen molar-refractivity contribution in [3.63, 3.8) is 0 Å². The van der Waals surface area contributed by atoms with Gasteiger partial charge in [-0.15, -0.1) is 10.2 Å². The molecule has 1 fully saturated rings. The van der Waals surface area contributed by atoms with Crippen LogP contribution in [0.25, 0.3) is 11.5 Å². The molecule has 2 aliphatic heterocycles. The fraction of sp³-hybridized carbons (Fsp3) is 0.348. The molecular formula is C23H24N4O6S. The van der Waals surface area contributed by atoms with Gasteiger partial charge in [-0.1, -0.05) is 0 Å². The Morgan fingerprint density at radius 3 is 2.59 bits per heavy atom. The Hall–Kier alpha value is -3.44. The first-order valence-corrected chi connectivity index (χ1v) is 12.3. The third-order valence-corrected chi connectivity index (χ3v) is 7.83. The molecule has 5 rings (SSSR count). The van der Waals surface area contributed by atoms with Crippen LogP contribution in [0.15, 0.2) is 51.8 Å². The number of aromatic nitrogens is 2. The lowest BCUT2D eigenvalue weighted by Crippen LogP contribution is -2.39. The second kappa shape index (κ2) is 8.73. The predicted octanol–water partition coefficient (Wildman–Crippen LogP) is 2.74. The molecule has 178 valence electrons. The minimum atomic E-state index is -3.55. The second-order valence-corrected chi connectivity index (χ2v) is 10.6. The molecule has 2 aromatic carbocycles. The van der Waals surface area contributed by atoms with E-state index in [-0.39, 0.29) is 23.5 Å². The summed E-state index contributed by atoms with van der Waals surface area (Å²) in [5.74, 6) is 1.94. The highest BCUT2D eigenvalue weighted by Gasteiger charge is 2.29. The van der Waals surface area contributed by atoms with Crippen LogP contribution in [0.1, 0.15) is 35.0 Å². The summed E-state index contributed by atoms with van der Waals surface area (Å²) < 4.78 is 42.4. The summed E-state index contributed by atoms with van der Waals surface area (Å²) >= 11 is 0. The van der Waals surface area contributed by atoms with Crippen molar-refractivity contribution in [3.8, 4) is 23.0 Å². The molecular weight excluding hydrogens is 460 g/mol. The zero-order chi connectivity index (χ0) is 23.9. The van der Waals surface area contributed by atoms with E-state index in [2.05, 4.69) is 10.2 Å². The molecule has 0 radical (unpaired) electrons. The molecule has 3 aromatic rings. The van der Waals surface area contributed by atoms with Crippen molar-refractivity contribution in [3.05, 3.63) is 53.9 Å². The number of carbonyl (C=O) groups excluding carboxylic acids is 1. The van der Waals surface area contributed by atoms with Crippen LogP contribution >= 0.6 is 0 Å². The second-order valence-electron chi connectivity index (χ2n) is 8.42. The van der Waals surface area contributed by atoms with E-state index in [9.17, 15) is 13.2 Å². The third-order valence-electron chi connectivity index (χ3n) is 6.00. The van der Waals surface area contributed by atoms with E-state index in [1.807, 2.05) is 6.07 Å². The van der Waals surface area contributed by atoms with Gasteiger partial charge in [-0.25, -0.2) is 12.7 Å². The quantitative estimate of drug-likeness (QED) is 0.543. The Balaban J connectivity index is 1.29. The highest BCUT2D eigenvalue weighted by Crippen LogP contribution is 2.36. The van der Waals surface area contributed by atoms with Crippen LogP contribution < -0.4 is 9.47 Å². The van der Waals surface area contributed by atoms with Crippen molar-refractivity contribution in [1.82, 2.24) is 19.4 Å². The van der Waals surface area contributed by atoms with Gasteiger partial charge in [0.05, 0.1) is 10.8 Å². The number of carbonyl (C=O) groups is 1. The fourth-order valence-corrected chi connectivity index (χ4v) is 4.97. The number of rotatable bonds is 5. The molecule has 0 spiro atoms. The maximum Gasteiger partial charge on any atom is 0.253 e. The molecule has 1 atom stereocenters. The Morgan fingerprint density at radius 1 is 1.06 bits per heavy atom. The number of hydrogen-bond acceptors (Lipinski definition) is 8. The summed E-state index contributed by atoms with van der Waals surface area (Å²) in [5.41, 5.74) is 1.17. The highest BCUT2D eigenvalue weighted by atomic mass is 32.2. The summed E-state index contributed by atoms with van der Waals surface area (Å²) in [5, 5.41) is 8.42. The molecule has 0 aliphatic carbocycles. The molecule has 0 saturated carbocycles. The first kappa shape index (κ1) is 22.4. The molecule has 0 unspecified atom stereocenters. The van der Waals surface area contributed by atoms with Crippen LogP contribution in [0.2, 0.25) is 0 Å². The summed E-state index contributed by atoms with van der Waals surface area (Å²) in [6, 6.07) is 11.5. The number of sulfonamides is 1. The maximum atomic E-state index is 13.1. The lowest BCUT2D eigenvalue weighted by molar-refractivity contribution is 0.0698. The zero-order valence-corrected chi connectivity index (χ0v) is 19.6. The number of amides is 1. The standard InChI is InChI=1S/C23H24N4O6S/c1-26(2)34(29,30)18-8-5-15(6-9-18)23(28)27-11-3-4-17(13-27)22-25-24-21(33-22)16-7-10-19-20(12-16)32-14-31-19/h5-10,12,17H,3-4,11,13-14H2,1-2H3/t17-/m0/s1.